The maximum atomic E-state index is 12.0. The second-order valence-electron chi connectivity index (χ2n) is 7.86. The molecule has 126 valence electrons. The van der Waals surface area contributed by atoms with Crippen LogP contribution < -0.4 is 5.32 Å². The predicted octanol–water partition coefficient (Wildman–Crippen LogP) is 3.72. The molecular weight excluding hydrogens is 282 g/mol. The fourth-order valence-corrected chi connectivity index (χ4v) is 2.41. The minimum atomic E-state index is -0.543. The minimum Gasteiger partial charge on any atom is -0.457 e. The van der Waals surface area contributed by atoms with E-state index in [0.29, 0.717) is 0 Å². The molecule has 1 aliphatic rings. The van der Waals surface area contributed by atoms with Crippen molar-refractivity contribution in [3.8, 4) is 0 Å². The van der Waals surface area contributed by atoms with Crippen molar-refractivity contribution in [3.05, 3.63) is 12.2 Å². The summed E-state index contributed by atoms with van der Waals surface area (Å²) >= 11 is 0. The van der Waals surface area contributed by atoms with Crippen LogP contribution in [0.5, 0.6) is 0 Å². The maximum Gasteiger partial charge on any atom is 0.408 e. The molecule has 0 atom stereocenters. The molecule has 1 fully saturated rings. The second kappa shape index (κ2) is 6.71. The van der Waals surface area contributed by atoms with Crippen molar-refractivity contribution in [2.24, 2.45) is 0 Å². The van der Waals surface area contributed by atoms with Gasteiger partial charge in [0.2, 0.25) is 0 Å². The molecule has 0 unspecified atom stereocenters. The van der Waals surface area contributed by atoms with Gasteiger partial charge >= 0.3 is 12.1 Å². The van der Waals surface area contributed by atoms with Crippen LogP contribution >= 0.6 is 0 Å². The normalized spacial score (nSPS) is 18.3. The van der Waals surface area contributed by atoms with E-state index in [1.165, 1.54) is 6.08 Å². The summed E-state index contributed by atoms with van der Waals surface area (Å²) in [6, 6.07) is 0. The highest BCUT2D eigenvalue weighted by Crippen LogP contribution is 2.31. The van der Waals surface area contributed by atoms with Crippen molar-refractivity contribution in [2.75, 3.05) is 0 Å². The lowest BCUT2D eigenvalue weighted by atomic mass is 9.97. The molecule has 1 N–H and O–H groups in total. The first-order valence-corrected chi connectivity index (χ1v) is 7.84. The molecule has 0 aromatic heterocycles. The van der Waals surface area contributed by atoms with Crippen molar-refractivity contribution >= 4 is 12.1 Å². The zero-order valence-electron chi connectivity index (χ0n) is 14.6. The Bertz CT molecular complexity index is 435. The van der Waals surface area contributed by atoms with Crippen LogP contribution in [0.1, 0.15) is 67.2 Å². The summed E-state index contributed by atoms with van der Waals surface area (Å²) in [5, 5.41) is 2.91. The lowest BCUT2D eigenvalue weighted by molar-refractivity contribution is -0.148. The van der Waals surface area contributed by atoms with Gasteiger partial charge in [0.05, 0.1) is 5.54 Å². The van der Waals surface area contributed by atoms with Gasteiger partial charge in [-0.1, -0.05) is 18.9 Å². The molecule has 0 heterocycles. The lowest BCUT2D eigenvalue weighted by Crippen LogP contribution is -2.47. The summed E-state index contributed by atoms with van der Waals surface area (Å²) in [4.78, 5) is 23.8. The first-order valence-electron chi connectivity index (χ1n) is 7.84. The molecule has 1 aliphatic carbocycles. The SMILES string of the molecule is CC(C)(C)OC(=O)/C=C/C1(NC(=O)OC(C)(C)C)CCCC1. The summed E-state index contributed by atoms with van der Waals surface area (Å²) in [5.74, 6) is -0.398. The van der Waals surface area contributed by atoms with E-state index in [1.807, 2.05) is 41.5 Å². The van der Waals surface area contributed by atoms with Crippen LogP contribution in [-0.4, -0.2) is 28.8 Å². The molecule has 0 aromatic rings. The first-order chi connectivity index (χ1) is 9.91. The van der Waals surface area contributed by atoms with Gasteiger partial charge < -0.3 is 14.8 Å². The van der Waals surface area contributed by atoms with E-state index in [1.54, 1.807) is 6.08 Å². The van der Waals surface area contributed by atoms with Crippen molar-refractivity contribution in [1.82, 2.24) is 5.32 Å². The third kappa shape index (κ3) is 6.96. The van der Waals surface area contributed by atoms with E-state index in [4.69, 9.17) is 9.47 Å². The fraction of sp³-hybridized carbons (Fsp3) is 0.765. The summed E-state index contributed by atoms with van der Waals surface area (Å²) < 4.78 is 10.6. The van der Waals surface area contributed by atoms with Gasteiger partial charge in [-0.05, 0) is 54.4 Å². The fourth-order valence-electron chi connectivity index (χ4n) is 2.41. The summed E-state index contributed by atoms with van der Waals surface area (Å²) in [5.41, 5.74) is -1.58. The smallest absolute Gasteiger partial charge is 0.408 e. The Morgan fingerprint density at radius 3 is 1.91 bits per heavy atom. The maximum absolute atomic E-state index is 12.0. The van der Waals surface area contributed by atoms with Gasteiger partial charge in [-0.25, -0.2) is 9.59 Å². The number of alkyl carbamates (subject to hydrolysis) is 1. The molecular formula is C17H29NO4. The second-order valence-corrected chi connectivity index (χ2v) is 7.86. The quantitative estimate of drug-likeness (QED) is 0.637. The average Bonchev–Trinajstić information content (AvgIpc) is 2.70. The van der Waals surface area contributed by atoms with Crippen LogP contribution in [0.4, 0.5) is 4.79 Å². The molecule has 0 aliphatic heterocycles. The van der Waals surface area contributed by atoms with E-state index in [0.717, 1.165) is 25.7 Å². The molecule has 1 rings (SSSR count). The molecule has 0 spiro atoms. The molecule has 0 radical (unpaired) electrons. The zero-order chi connectivity index (χ0) is 17.0. The Hall–Kier alpha value is -1.52. The van der Waals surface area contributed by atoms with Gasteiger partial charge in [-0.3, -0.25) is 0 Å². The van der Waals surface area contributed by atoms with E-state index >= 15 is 0 Å². The Morgan fingerprint density at radius 2 is 1.45 bits per heavy atom. The third-order valence-electron chi connectivity index (χ3n) is 3.19. The monoisotopic (exact) mass is 311 g/mol. The molecule has 22 heavy (non-hydrogen) atoms. The van der Waals surface area contributed by atoms with Gasteiger partial charge in [-0.15, -0.1) is 0 Å². The van der Waals surface area contributed by atoms with E-state index in [-0.39, 0.29) is 0 Å². The number of rotatable bonds is 3. The highest BCUT2D eigenvalue weighted by molar-refractivity contribution is 5.82. The highest BCUT2D eigenvalue weighted by atomic mass is 16.6. The number of carbonyl (C=O) groups excluding carboxylic acids is 2. The van der Waals surface area contributed by atoms with E-state index in [9.17, 15) is 9.59 Å². The summed E-state index contributed by atoms with van der Waals surface area (Å²) in [6.45, 7) is 10.9. The Kier molecular flexibility index (Phi) is 5.65. The third-order valence-corrected chi connectivity index (χ3v) is 3.19. The molecule has 0 aromatic carbocycles. The highest BCUT2D eigenvalue weighted by Gasteiger charge is 2.34. The topological polar surface area (TPSA) is 64.6 Å². The molecule has 5 heteroatoms. The Morgan fingerprint density at radius 1 is 0.955 bits per heavy atom. The number of hydrogen-bond acceptors (Lipinski definition) is 4. The van der Waals surface area contributed by atoms with Crippen LogP contribution in [-0.2, 0) is 14.3 Å². The van der Waals surface area contributed by atoms with Gasteiger partial charge in [0.15, 0.2) is 0 Å². The molecule has 0 saturated heterocycles. The van der Waals surface area contributed by atoms with Gasteiger partial charge in [0, 0.05) is 6.08 Å². The Balaban J connectivity index is 2.72. The van der Waals surface area contributed by atoms with Gasteiger partial charge in [-0.2, -0.15) is 0 Å². The van der Waals surface area contributed by atoms with E-state index in [2.05, 4.69) is 5.32 Å². The number of hydrogen-bond donors (Lipinski definition) is 1. The first kappa shape index (κ1) is 18.5. The van der Waals surface area contributed by atoms with Crippen LogP contribution in [0.25, 0.3) is 0 Å². The number of nitrogens with one attached hydrogen (secondary N) is 1. The number of esters is 1. The van der Waals surface area contributed by atoms with Crippen LogP contribution in [0.15, 0.2) is 12.2 Å². The standard InChI is InChI=1S/C17H29NO4/c1-15(2,3)21-13(19)9-12-17(10-7-8-11-17)18-14(20)22-16(4,5)6/h9,12H,7-8,10-11H2,1-6H3,(H,18,20)/b12-9+. The lowest BCUT2D eigenvalue weighted by Gasteiger charge is -2.29. The van der Waals surface area contributed by atoms with E-state index < -0.39 is 28.8 Å². The summed E-state index contributed by atoms with van der Waals surface area (Å²) in [7, 11) is 0. The average molecular weight is 311 g/mol. The minimum absolute atomic E-state index is 0.398. The Labute approximate surface area is 133 Å². The number of carbonyl (C=O) groups is 2. The molecule has 1 amide bonds. The van der Waals surface area contributed by atoms with Crippen molar-refractivity contribution in [1.29, 1.82) is 0 Å². The number of amides is 1. The number of ether oxygens (including phenoxy) is 2. The predicted molar refractivity (Wildman–Crippen MR) is 85.6 cm³/mol. The van der Waals surface area contributed by atoms with Crippen molar-refractivity contribution < 1.29 is 19.1 Å². The van der Waals surface area contributed by atoms with Crippen molar-refractivity contribution in [3.63, 3.8) is 0 Å². The van der Waals surface area contributed by atoms with Crippen LogP contribution in [0, 0.1) is 0 Å². The van der Waals surface area contributed by atoms with Crippen molar-refractivity contribution in [2.45, 2.75) is 84.0 Å². The zero-order valence-corrected chi connectivity index (χ0v) is 14.6. The molecule has 5 nitrogen and oxygen atoms in total. The van der Waals surface area contributed by atoms with Crippen LogP contribution in [0.2, 0.25) is 0 Å². The van der Waals surface area contributed by atoms with Crippen LogP contribution in [0.3, 0.4) is 0 Å². The largest absolute Gasteiger partial charge is 0.457 e. The molecule has 1 saturated carbocycles. The molecule has 0 bridgehead atoms. The van der Waals surface area contributed by atoms with Gasteiger partial charge in [0.25, 0.3) is 0 Å². The summed E-state index contributed by atoms with van der Waals surface area (Å²) in [6.07, 6.45) is 6.31. The van der Waals surface area contributed by atoms with Gasteiger partial charge in [0.1, 0.15) is 11.2 Å².